The van der Waals surface area contributed by atoms with Gasteiger partial charge in [-0.2, -0.15) is 0 Å². The highest BCUT2D eigenvalue weighted by Gasteiger charge is 2.37. The lowest BCUT2D eigenvalue weighted by atomic mass is 9.63. The molecule has 1 saturated heterocycles. The Balaban J connectivity index is 1.36. The molecule has 6 heteroatoms. The number of likely N-dealkylation sites (tertiary alicyclic amines) is 1. The first-order valence-electron chi connectivity index (χ1n) is 13.0. The van der Waals surface area contributed by atoms with E-state index in [1.807, 2.05) is 11.3 Å². The first-order chi connectivity index (χ1) is 16.1. The molecule has 5 nitrogen and oxygen atoms in total. The van der Waals surface area contributed by atoms with Gasteiger partial charge in [-0.3, -0.25) is 0 Å². The minimum atomic E-state index is -0.614. The van der Waals surface area contributed by atoms with Crippen LogP contribution in [-0.4, -0.2) is 58.5 Å². The van der Waals surface area contributed by atoms with Crippen molar-refractivity contribution >= 4 is 11.3 Å². The lowest BCUT2D eigenvalue weighted by molar-refractivity contribution is 0.0943. The average molecular weight is 486 g/mol. The molecule has 188 valence electrons. The molecular formula is C28H43N3O2S. The standard InChI is InChI=1S/C28H43N3O2S/c1-27(2)11-12-28(3,4)22-16-20(7-8-21(22)27)24-18-34-26(30-24)19-9-14-31(15-10-19)13-5-6-25(33)23(29)17-32/h7-8,16,18-19,23,25,32-33H,5-6,9-15,17,29H2,1-4H3. The Morgan fingerprint density at radius 1 is 1.12 bits per heavy atom. The molecule has 2 aromatic rings. The summed E-state index contributed by atoms with van der Waals surface area (Å²) in [6.45, 7) is 12.5. The Labute approximate surface area is 209 Å². The lowest BCUT2D eigenvalue weighted by Gasteiger charge is -2.42. The number of aliphatic hydroxyl groups excluding tert-OH is 2. The zero-order chi connectivity index (χ0) is 24.5. The fraction of sp³-hybridized carbons (Fsp3) is 0.679. The number of hydrogen-bond acceptors (Lipinski definition) is 6. The zero-order valence-electron chi connectivity index (χ0n) is 21.4. The molecule has 2 heterocycles. The second-order valence-electron chi connectivity index (χ2n) is 11.8. The highest BCUT2D eigenvalue weighted by Crippen LogP contribution is 2.47. The van der Waals surface area contributed by atoms with Crippen molar-refractivity contribution in [3.63, 3.8) is 0 Å². The maximum absolute atomic E-state index is 9.94. The maximum Gasteiger partial charge on any atom is 0.0964 e. The molecule has 0 spiro atoms. The van der Waals surface area contributed by atoms with Gasteiger partial charge in [0, 0.05) is 16.9 Å². The number of piperidine rings is 1. The van der Waals surface area contributed by atoms with E-state index in [-0.39, 0.29) is 17.4 Å². The second kappa shape index (κ2) is 10.4. The lowest BCUT2D eigenvalue weighted by Crippen LogP contribution is -2.39. The molecule has 34 heavy (non-hydrogen) atoms. The average Bonchev–Trinajstić information content (AvgIpc) is 3.32. The Morgan fingerprint density at radius 3 is 2.47 bits per heavy atom. The van der Waals surface area contributed by atoms with Crippen LogP contribution >= 0.6 is 11.3 Å². The fourth-order valence-electron chi connectivity index (χ4n) is 5.62. The van der Waals surface area contributed by atoms with Crippen LogP contribution in [0.15, 0.2) is 23.6 Å². The van der Waals surface area contributed by atoms with Gasteiger partial charge >= 0.3 is 0 Å². The van der Waals surface area contributed by atoms with E-state index >= 15 is 0 Å². The van der Waals surface area contributed by atoms with Crippen molar-refractivity contribution in [1.29, 1.82) is 0 Å². The predicted octanol–water partition coefficient (Wildman–Crippen LogP) is 4.80. The Hall–Kier alpha value is -1.31. The molecule has 0 radical (unpaired) electrons. The van der Waals surface area contributed by atoms with Crippen molar-refractivity contribution in [2.24, 2.45) is 5.73 Å². The molecule has 0 bridgehead atoms. The highest BCUT2D eigenvalue weighted by atomic mass is 32.1. The second-order valence-corrected chi connectivity index (χ2v) is 12.7. The smallest absolute Gasteiger partial charge is 0.0964 e. The van der Waals surface area contributed by atoms with Crippen LogP contribution in [0.5, 0.6) is 0 Å². The van der Waals surface area contributed by atoms with Crippen LogP contribution in [0.2, 0.25) is 0 Å². The van der Waals surface area contributed by atoms with Crippen LogP contribution in [0.3, 0.4) is 0 Å². The van der Waals surface area contributed by atoms with Gasteiger partial charge in [0.15, 0.2) is 0 Å². The van der Waals surface area contributed by atoms with Crippen molar-refractivity contribution in [3.8, 4) is 11.3 Å². The van der Waals surface area contributed by atoms with Gasteiger partial charge in [0.25, 0.3) is 0 Å². The molecule has 2 aliphatic rings. The van der Waals surface area contributed by atoms with Gasteiger partial charge in [-0.05, 0) is 86.2 Å². The molecule has 4 N–H and O–H groups in total. The zero-order valence-corrected chi connectivity index (χ0v) is 22.2. The summed E-state index contributed by atoms with van der Waals surface area (Å²) in [7, 11) is 0. The molecule has 4 rings (SSSR count). The number of nitrogens with zero attached hydrogens (tertiary/aromatic N) is 2. The van der Waals surface area contributed by atoms with E-state index in [1.165, 1.54) is 34.5 Å². The first-order valence-corrected chi connectivity index (χ1v) is 13.9. The SMILES string of the molecule is CC1(C)CCC(C)(C)c2cc(-c3csc(C4CCN(CCCC(O)C(N)CO)CC4)n3)ccc21. The number of rotatable bonds is 8. The molecular weight excluding hydrogens is 442 g/mol. The monoisotopic (exact) mass is 485 g/mol. The number of nitrogens with two attached hydrogens (primary N) is 1. The molecule has 0 amide bonds. The summed E-state index contributed by atoms with van der Waals surface area (Å²) in [5.41, 5.74) is 11.5. The number of aromatic nitrogens is 1. The van der Waals surface area contributed by atoms with E-state index in [4.69, 9.17) is 15.8 Å². The Morgan fingerprint density at radius 2 is 1.79 bits per heavy atom. The summed E-state index contributed by atoms with van der Waals surface area (Å²) in [5, 5.41) is 22.5. The van der Waals surface area contributed by atoms with Crippen LogP contribution in [0.25, 0.3) is 11.3 Å². The summed E-state index contributed by atoms with van der Waals surface area (Å²) in [5.74, 6) is 0.538. The largest absolute Gasteiger partial charge is 0.395 e. The van der Waals surface area contributed by atoms with Crippen molar-refractivity contribution in [3.05, 3.63) is 39.7 Å². The van der Waals surface area contributed by atoms with Crippen molar-refractivity contribution < 1.29 is 10.2 Å². The van der Waals surface area contributed by atoms with E-state index in [1.54, 1.807) is 0 Å². The third-order valence-corrected chi connectivity index (χ3v) is 9.29. The minimum Gasteiger partial charge on any atom is -0.395 e. The number of fused-ring (bicyclic) bond motifs is 1. The van der Waals surface area contributed by atoms with E-state index in [9.17, 15) is 5.11 Å². The number of thiazole rings is 1. The predicted molar refractivity (Wildman–Crippen MR) is 142 cm³/mol. The Kier molecular flexibility index (Phi) is 7.85. The Bertz CT molecular complexity index is 962. The maximum atomic E-state index is 9.94. The first kappa shape index (κ1) is 25.8. The topological polar surface area (TPSA) is 82.6 Å². The van der Waals surface area contributed by atoms with Gasteiger partial charge in [0.05, 0.1) is 29.5 Å². The number of aliphatic hydroxyl groups is 2. The molecule has 1 aliphatic carbocycles. The third-order valence-electron chi connectivity index (χ3n) is 8.29. The number of hydrogen-bond donors (Lipinski definition) is 3. The molecule has 1 aromatic heterocycles. The molecule has 2 unspecified atom stereocenters. The van der Waals surface area contributed by atoms with Crippen molar-refractivity contribution in [1.82, 2.24) is 9.88 Å². The fourth-order valence-corrected chi connectivity index (χ4v) is 6.62. The van der Waals surface area contributed by atoms with Gasteiger partial charge in [0.1, 0.15) is 0 Å². The van der Waals surface area contributed by atoms with Crippen LogP contribution in [0.4, 0.5) is 0 Å². The minimum absolute atomic E-state index is 0.163. The molecule has 2 atom stereocenters. The molecule has 0 saturated carbocycles. The molecule has 1 aliphatic heterocycles. The van der Waals surface area contributed by atoms with Crippen molar-refractivity contribution in [2.75, 3.05) is 26.2 Å². The summed E-state index contributed by atoms with van der Waals surface area (Å²) in [6.07, 6.45) is 5.68. The quantitative estimate of drug-likeness (QED) is 0.500. The molecule has 1 fully saturated rings. The van der Waals surface area contributed by atoms with Gasteiger partial charge < -0.3 is 20.8 Å². The van der Waals surface area contributed by atoms with Crippen LogP contribution in [-0.2, 0) is 10.8 Å². The van der Waals surface area contributed by atoms with Crippen LogP contribution < -0.4 is 5.73 Å². The summed E-state index contributed by atoms with van der Waals surface area (Å²) in [6, 6.07) is 6.51. The van der Waals surface area contributed by atoms with Crippen LogP contribution in [0, 0.1) is 0 Å². The highest BCUT2D eigenvalue weighted by molar-refractivity contribution is 7.10. The van der Waals surface area contributed by atoms with E-state index in [2.05, 4.69) is 56.2 Å². The third kappa shape index (κ3) is 5.57. The van der Waals surface area contributed by atoms with E-state index < -0.39 is 12.1 Å². The van der Waals surface area contributed by atoms with Gasteiger partial charge in [-0.15, -0.1) is 11.3 Å². The van der Waals surface area contributed by atoms with Gasteiger partial charge in [0.2, 0.25) is 0 Å². The molecule has 1 aromatic carbocycles. The summed E-state index contributed by atoms with van der Waals surface area (Å²) in [4.78, 5) is 7.59. The van der Waals surface area contributed by atoms with Crippen LogP contribution in [0.1, 0.15) is 88.3 Å². The van der Waals surface area contributed by atoms with E-state index in [0.29, 0.717) is 12.3 Å². The van der Waals surface area contributed by atoms with E-state index in [0.717, 1.165) is 44.6 Å². The summed E-state index contributed by atoms with van der Waals surface area (Å²) >= 11 is 1.82. The van der Waals surface area contributed by atoms with Gasteiger partial charge in [-0.25, -0.2) is 4.98 Å². The summed E-state index contributed by atoms with van der Waals surface area (Å²) < 4.78 is 0. The van der Waals surface area contributed by atoms with Gasteiger partial charge in [-0.1, -0.05) is 39.8 Å². The van der Waals surface area contributed by atoms with Crippen molar-refractivity contribution in [2.45, 2.75) is 95.1 Å². The number of benzene rings is 1. The normalized spacial score (nSPS) is 22.3.